The molecule has 3 N–H and O–H groups in total. The van der Waals surface area contributed by atoms with E-state index in [1.165, 1.54) is 0 Å². The van der Waals surface area contributed by atoms with Crippen LogP contribution in [-0.2, 0) is 6.42 Å². The second kappa shape index (κ2) is 10.6. The summed E-state index contributed by atoms with van der Waals surface area (Å²) in [5, 5.41) is 4.14. The SMILES string of the molecule is COc1ccc(CCN=C(N)Nc2ccc(OC)c(Cl)c2)c(Cl)c1.I. The van der Waals surface area contributed by atoms with Crippen molar-refractivity contribution < 1.29 is 9.47 Å². The maximum absolute atomic E-state index is 6.20. The molecule has 0 aromatic heterocycles. The summed E-state index contributed by atoms with van der Waals surface area (Å²) in [5.41, 5.74) is 7.61. The summed E-state index contributed by atoms with van der Waals surface area (Å²) in [6.45, 7) is 0.509. The first-order chi connectivity index (χ1) is 11.5. The maximum Gasteiger partial charge on any atom is 0.193 e. The molecule has 0 aliphatic carbocycles. The van der Waals surface area contributed by atoms with Crippen molar-refractivity contribution in [2.45, 2.75) is 6.42 Å². The van der Waals surface area contributed by atoms with Crippen molar-refractivity contribution >= 4 is 58.8 Å². The van der Waals surface area contributed by atoms with Crippen LogP contribution in [0.3, 0.4) is 0 Å². The quantitative estimate of drug-likeness (QED) is 0.349. The lowest BCUT2D eigenvalue weighted by atomic mass is 10.1. The summed E-state index contributed by atoms with van der Waals surface area (Å²) in [4.78, 5) is 4.29. The van der Waals surface area contributed by atoms with Gasteiger partial charge in [-0.2, -0.15) is 0 Å². The molecule has 0 unspecified atom stereocenters. The molecule has 0 heterocycles. The summed E-state index contributed by atoms with van der Waals surface area (Å²) in [5.74, 6) is 1.64. The Balaban J connectivity index is 0.00000312. The molecule has 0 amide bonds. The summed E-state index contributed by atoms with van der Waals surface area (Å²) in [6.07, 6.45) is 0.675. The summed E-state index contributed by atoms with van der Waals surface area (Å²) in [6, 6.07) is 10.9. The van der Waals surface area contributed by atoms with Gasteiger partial charge in [-0.05, 0) is 42.3 Å². The van der Waals surface area contributed by atoms with Crippen molar-refractivity contribution in [3.05, 3.63) is 52.0 Å². The average molecular weight is 496 g/mol. The van der Waals surface area contributed by atoms with E-state index < -0.39 is 0 Å². The highest BCUT2D eigenvalue weighted by molar-refractivity contribution is 14.0. The Morgan fingerprint density at radius 2 is 1.84 bits per heavy atom. The summed E-state index contributed by atoms with van der Waals surface area (Å²) < 4.78 is 10.2. The third-order valence-corrected chi connectivity index (χ3v) is 3.99. The van der Waals surface area contributed by atoms with Gasteiger partial charge in [-0.3, -0.25) is 4.99 Å². The van der Waals surface area contributed by atoms with E-state index in [0.29, 0.717) is 34.7 Å². The molecule has 0 atom stereocenters. The van der Waals surface area contributed by atoms with E-state index in [9.17, 15) is 0 Å². The molecule has 2 rings (SSSR count). The van der Waals surface area contributed by atoms with Crippen molar-refractivity contribution in [3.8, 4) is 11.5 Å². The number of methoxy groups -OCH3 is 2. The van der Waals surface area contributed by atoms with Crippen molar-refractivity contribution in [2.24, 2.45) is 10.7 Å². The van der Waals surface area contributed by atoms with Crippen LogP contribution >= 0.6 is 47.2 Å². The van der Waals surface area contributed by atoms with Crippen LogP contribution in [0.5, 0.6) is 11.5 Å². The molecule has 0 aliphatic heterocycles. The van der Waals surface area contributed by atoms with Crippen molar-refractivity contribution in [3.63, 3.8) is 0 Å². The Morgan fingerprint density at radius 3 is 2.44 bits per heavy atom. The highest BCUT2D eigenvalue weighted by Gasteiger charge is 2.04. The van der Waals surface area contributed by atoms with Crippen LogP contribution in [0.4, 0.5) is 5.69 Å². The fourth-order valence-corrected chi connectivity index (χ4v) is 2.61. The Hall–Kier alpha value is -1.38. The molecule has 0 saturated heterocycles. The van der Waals surface area contributed by atoms with Gasteiger partial charge in [0.1, 0.15) is 11.5 Å². The minimum absolute atomic E-state index is 0. The molecular weight excluding hydrogens is 476 g/mol. The number of hydrogen-bond acceptors (Lipinski definition) is 3. The van der Waals surface area contributed by atoms with Gasteiger partial charge in [0, 0.05) is 17.3 Å². The van der Waals surface area contributed by atoms with E-state index in [2.05, 4.69) is 10.3 Å². The molecular formula is C17H20Cl2IN3O2. The Labute approximate surface area is 174 Å². The smallest absolute Gasteiger partial charge is 0.193 e. The molecule has 0 saturated carbocycles. The van der Waals surface area contributed by atoms with Crippen molar-refractivity contribution in [1.82, 2.24) is 0 Å². The van der Waals surface area contributed by atoms with Crippen molar-refractivity contribution in [1.29, 1.82) is 0 Å². The normalized spacial score (nSPS) is 10.8. The van der Waals surface area contributed by atoms with Crippen LogP contribution in [-0.4, -0.2) is 26.7 Å². The van der Waals surface area contributed by atoms with Gasteiger partial charge in [0.2, 0.25) is 0 Å². The van der Waals surface area contributed by atoms with Gasteiger partial charge >= 0.3 is 0 Å². The lowest BCUT2D eigenvalue weighted by molar-refractivity contribution is 0.414. The second-order valence-electron chi connectivity index (χ2n) is 4.95. The number of aliphatic imine (C=N–C) groups is 1. The maximum atomic E-state index is 6.20. The molecule has 0 bridgehead atoms. The van der Waals surface area contributed by atoms with Gasteiger partial charge in [-0.1, -0.05) is 29.3 Å². The first-order valence-electron chi connectivity index (χ1n) is 7.26. The van der Waals surface area contributed by atoms with E-state index in [1.807, 2.05) is 18.2 Å². The Kier molecular flexibility index (Phi) is 9.16. The van der Waals surface area contributed by atoms with Crippen LogP contribution in [0.25, 0.3) is 0 Å². The van der Waals surface area contributed by atoms with E-state index in [4.69, 9.17) is 38.4 Å². The number of hydrogen-bond donors (Lipinski definition) is 2. The van der Waals surface area contributed by atoms with Gasteiger partial charge in [0.25, 0.3) is 0 Å². The number of halogens is 3. The Bertz CT molecular complexity index is 742. The first kappa shape index (κ1) is 21.7. The number of nitrogens with one attached hydrogen (secondary N) is 1. The molecule has 25 heavy (non-hydrogen) atoms. The number of benzene rings is 2. The Morgan fingerprint density at radius 1 is 1.08 bits per heavy atom. The zero-order chi connectivity index (χ0) is 17.5. The number of guanidine groups is 1. The van der Waals surface area contributed by atoms with Gasteiger partial charge in [-0.25, -0.2) is 0 Å². The molecule has 136 valence electrons. The highest BCUT2D eigenvalue weighted by Crippen LogP contribution is 2.27. The van der Waals surface area contributed by atoms with Gasteiger partial charge in [0.05, 0.1) is 19.2 Å². The molecule has 0 fully saturated rings. The average Bonchev–Trinajstić information content (AvgIpc) is 2.56. The number of nitrogens with two attached hydrogens (primary N) is 1. The molecule has 8 heteroatoms. The topological polar surface area (TPSA) is 68.9 Å². The lowest BCUT2D eigenvalue weighted by Gasteiger charge is -2.09. The number of ether oxygens (including phenoxy) is 2. The molecule has 0 radical (unpaired) electrons. The summed E-state index contributed by atoms with van der Waals surface area (Å²) >= 11 is 12.3. The lowest BCUT2D eigenvalue weighted by Crippen LogP contribution is -2.23. The molecule has 0 spiro atoms. The van der Waals surface area contributed by atoms with Crippen LogP contribution < -0.4 is 20.5 Å². The largest absolute Gasteiger partial charge is 0.497 e. The van der Waals surface area contributed by atoms with Gasteiger partial charge in [0.15, 0.2) is 5.96 Å². The zero-order valence-electron chi connectivity index (χ0n) is 13.9. The standard InChI is InChI=1S/C17H19Cl2N3O2.HI/c1-23-13-5-3-11(14(18)10-13)7-8-21-17(20)22-12-4-6-16(24-2)15(19)9-12;/h3-6,9-10H,7-8H2,1-2H3,(H3,20,21,22);1H. The van der Waals surface area contributed by atoms with Crippen LogP contribution in [0.1, 0.15) is 5.56 Å². The second-order valence-corrected chi connectivity index (χ2v) is 5.76. The monoisotopic (exact) mass is 495 g/mol. The number of rotatable bonds is 6. The zero-order valence-corrected chi connectivity index (χ0v) is 17.7. The first-order valence-corrected chi connectivity index (χ1v) is 8.02. The minimum Gasteiger partial charge on any atom is -0.497 e. The highest BCUT2D eigenvalue weighted by atomic mass is 127. The summed E-state index contributed by atoms with van der Waals surface area (Å²) in [7, 11) is 3.17. The van der Waals surface area contributed by atoms with E-state index in [0.717, 1.165) is 17.0 Å². The molecule has 0 aliphatic rings. The van der Waals surface area contributed by atoms with E-state index >= 15 is 0 Å². The van der Waals surface area contributed by atoms with Crippen molar-refractivity contribution in [2.75, 3.05) is 26.1 Å². The number of anilines is 1. The molecule has 2 aromatic rings. The van der Waals surface area contributed by atoms with Gasteiger partial charge in [-0.15, -0.1) is 24.0 Å². The minimum atomic E-state index is 0. The van der Waals surface area contributed by atoms with E-state index in [1.54, 1.807) is 32.4 Å². The van der Waals surface area contributed by atoms with Crippen LogP contribution in [0.2, 0.25) is 10.0 Å². The molecule has 5 nitrogen and oxygen atoms in total. The fourth-order valence-electron chi connectivity index (χ4n) is 2.09. The predicted molar refractivity (Wildman–Crippen MR) is 115 cm³/mol. The predicted octanol–water partition coefficient (Wildman–Crippen LogP) is 4.60. The third-order valence-electron chi connectivity index (χ3n) is 3.35. The number of nitrogens with zero attached hydrogens (tertiary/aromatic N) is 1. The van der Waals surface area contributed by atoms with Crippen LogP contribution in [0, 0.1) is 0 Å². The fraction of sp³-hybridized carbons (Fsp3) is 0.235. The van der Waals surface area contributed by atoms with Crippen LogP contribution in [0.15, 0.2) is 41.4 Å². The van der Waals surface area contributed by atoms with E-state index in [-0.39, 0.29) is 24.0 Å². The van der Waals surface area contributed by atoms with Gasteiger partial charge < -0.3 is 20.5 Å². The molecule has 2 aromatic carbocycles. The third kappa shape index (κ3) is 6.45.